The van der Waals surface area contributed by atoms with Crippen LogP contribution >= 0.6 is 0 Å². The SMILES string of the molecule is C#CCCCC(=C=C(C)CCC(CC#C)OC)c1ccccc1. The third-order valence-corrected chi connectivity index (χ3v) is 3.75. The van der Waals surface area contributed by atoms with Gasteiger partial charge in [-0.2, -0.15) is 0 Å². The minimum atomic E-state index is 0.123. The van der Waals surface area contributed by atoms with Gasteiger partial charge in [0.25, 0.3) is 0 Å². The fourth-order valence-corrected chi connectivity index (χ4v) is 2.42. The molecule has 1 atom stereocenters. The van der Waals surface area contributed by atoms with Crippen LogP contribution in [0, 0.1) is 24.7 Å². The molecule has 0 saturated carbocycles. The molecule has 120 valence electrons. The number of ether oxygens (including phenoxy) is 1. The van der Waals surface area contributed by atoms with E-state index in [-0.39, 0.29) is 6.10 Å². The van der Waals surface area contributed by atoms with Crippen LogP contribution in [0.25, 0.3) is 5.57 Å². The van der Waals surface area contributed by atoms with E-state index < -0.39 is 0 Å². The number of terminal acetylenes is 2. The van der Waals surface area contributed by atoms with E-state index in [1.54, 1.807) is 7.11 Å². The molecule has 1 rings (SSSR count). The number of unbranched alkanes of at least 4 members (excludes halogenated alkanes) is 1. The van der Waals surface area contributed by atoms with E-state index in [9.17, 15) is 0 Å². The Morgan fingerprint density at radius 3 is 2.48 bits per heavy atom. The zero-order valence-electron chi connectivity index (χ0n) is 14.3. The molecule has 0 saturated heterocycles. The van der Waals surface area contributed by atoms with Crippen molar-refractivity contribution in [2.75, 3.05) is 7.11 Å². The van der Waals surface area contributed by atoms with Crippen LogP contribution in [0.3, 0.4) is 0 Å². The van der Waals surface area contributed by atoms with Gasteiger partial charge >= 0.3 is 0 Å². The molecule has 0 bridgehead atoms. The summed E-state index contributed by atoms with van der Waals surface area (Å²) in [6, 6.07) is 10.4. The molecule has 0 amide bonds. The summed E-state index contributed by atoms with van der Waals surface area (Å²) in [5, 5.41) is 0. The first-order chi connectivity index (χ1) is 11.2. The monoisotopic (exact) mass is 306 g/mol. The second-order valence-corrected chi connectivity index (χ2v) is 5.61. The molecule has 0 aliphatic rings. The van der Waals surface area contributed by atoms with Gasteiger partial charge in [-0.15, -0.1) is 30.4 Å². The molecule has 1 heteroatoms. The molecule has 0 heterocycles. The third-order valence-electron chi connectivity index (χ3n) is 3.75. The second-order valence-electron chi connectivity index (χ2n) is 5.61. The van der Waals surface area contributed by atoms with Crippen molar-refractivity contribution in [1.29, 1.82) is 0 Å². The average molecular weight is 306 g/mol. The molecule has 1 aromatic rings. The highest BCUT2D eigenvalue weighted by molar-refractivity contribution is 5.65. The van der Waals surface area contributed by atoms with Crippen LogP contribution in [0.15, 0.2) is 41.6 Å². The van der Waals surface area contributed by atoms with Gasteiger partial charge in [-0.3, -0.25) is 0 Å². The maximum Gasteiger partial charge on any atom is 0.0683 e. The highest BCUT2D eigenvalue weighted by Gasteiger charge is 2.06. The van der Waals surface area contributed by atoms with Crippen LogP contribution in [0.1, 0.15) is 51.0 Å². The fraction of sp³-hybridized carbons (Fsp3) is 0.409. The van der Waals surface area contributed by atoms with E-state index in [4.69, 9.17) is 17.6 Å². The fourth-order valence-electron chi connectivity index (χ4n) is 2.42. The number of allylic oxidation sites excluding steroid dienone is 1. The first-order valence-corrected chi connectivity index (χ1v) is 8.11. The van der Waals surface area contributed by atoms with Gasteiger partial charge in [0.1, 0.15) is 0 Å². The number of hydrogen-bond acceptors (Lipinski definition) is 1. The summed E-state index contributed by atoms with van der Waals surface area (Å²) in [4.78, 5) is 0. The number of methoxy groups -OCH3 is 1. The summed E-state index contributed by atoms with van der Waals surface area (Å²) in [5.74, 6) is 5.37. The van der Waals surface area contributed by atoms with Gasteiger partial charge in [-0.25, -0.2) is 0 Å². The average Bonchev–Trinajstić information content (AvgIpc) is 2.58. The van der Waals surface area contributed by atoms with Crippen molar-refractivity contribution in [2.24, 2.45) is 0 Å². The van der Waals surface area contributed by atoms with E-state index in [1.807, 2.05) is 6.07 Å². The minimum absolute atomic E-state index is 0.123. The predicted octanol–water partition coefficient (Wildman–Crippen LogP) is 5.24. The van der Waals surface area contributed by atoms with Crippen LogP contribution < -0.4 is 0 Å². The van der Waals surface area contributed by atoms with Crippen molar-refractivity contribution in [2.45, 2.75) is 51.6 Å². The van der Waals surface area contributed by atoms with Crippen molar-refractivity contribution in [1.82, 2.24) is 0 Å². The van der Waals surface area contributed by atoms with Gasteiger partial charge in [0.15, 0.2) is 0 Å². The molecule has 0 aliphatic heterocycles. The van der Waals surface area contributed by atoms with Crippen LogP contribution in [0.5, 0.6) is 0 Å². The molecule has 0 N–H and O–H groups in total. The molecule has 1 aromatic carbocycles. The van der Waals surface area contributed by atoms with E-state index in [1.165, 1.54) is 16.7 Å². The Morgan fingerprint density at radius 1 is 1.13 bits per heavy atom. The zero-order valence-corrected chi connectivity index (χ0v) is 14.3. The molecular weight excluding hydrogens is 280 g/mol. The molecule has 0 fully saturated rings. The van der Waals surface area contributed by atoms with Crippen LogP contribution in [-0.2, 0) is 4.74 Å². The van der Waals surface area contributed by atoms with Gasteiger partial charge in [0, 0.05) is 25.5 Å². The molecule has 0 aromatic heterocycles. The third kappa shape index (κ3) is 7.58. The topological polar surface area (TPSA) is 9.23 Å². The smallest absolute Gasteiger partial charge is 0.0683 e. The van der Waals surface area contributed by atoms with Gasteiger partial charge in [0.05, 0.1) is 6.10 Å². The van der Waals surface area contributed by atoms with Crippen LogP contribution in [0.2, 0.25) is 0 Å². The van der Waals surface area contributed by atoms with Crippen LogP contribution in [0.4, 0.5) is 0 Å². The first kappa shape index (κ1) is 18.9. The standard InChI is InChI=1S/C22H26O/c1-5-7-9-15-21(20-13-10-8-11-14-20)18-19(3)16-17-22(23-4)12-6-2/h1-2,8,10-11,13-14,22H,7,9,12,15-17H2,3-4H3. The molecule has 1 nitrogen and oxygen atoms in total. The highest BCUT2D eigenvalue weighted by atomic mass is 16.5. The van der Waals surface area contributed by atoms with E-state index >= 15 is 0 Å². The maximum atomic E-state index is 5.40. The van der Waals surface area contributed by atoms with Gasteiger partial charge in [-0.05, 0) is 43.7 Å². The quantitative estimate of drug-likeness (QED) is 0.344. The summed E-state index contributed by atoms with van der Waals surface area (Å²) in [6.07, 6.45) is 16.1. The summed E-state index contributed by atoms with van der Waals surface area (Å²) >= 11 is 0. The van der Waals surface area contributed by atoms with E-state index in [0.29, 0.717) is 6.42 Å². The largest absolute Gasteiger partial charge is 0.380 e. The predicted molar refractivity (Wildman–Crippen MR) is 98.7 cm³/mol. The van der Waals surface area contributed by atoms with E-state index in [0.717, 1.165) is 32.1 Å². The second kappa shape index (κ2) is 11.4. The van der Waals surface area contributed by atoms with E-state index in [2.05, 4.69) is 48.8 Å². The summed E-state index contributed by atoms with van der Waals surface area (Å²) in [7, 11) is 1.71. The Bertz CT molecular complexity index is 604. The molecule has 23 heavy (non-hydrogen) atoms. The first-order valence-electron chi connectivity index (χ1n) is 8.11. The lowest BCUT2D eigenvalue weighted by Gasteiger charge is -2.11. The lowest BCUT2D eigenvalue weighted by molar-refractivity contribution is 0.0998. The lowest BCUT2D eigenvalue weighted by Crippen LogP contribution is -2.09. The van der Waals surface area contributed by atoms with Crippen molar-refractivity contribution in [3.8, 4) is 24.7 Å². The molecule has 0 radical (unpaired) electrons. The normalized spacial score (nSPS) is 11.0. The van der Waals surface area contributed by atoms with Crippen molar-refractivity contribution >= 4 is 5.57 Å². The van der Waals surface area contributed by atoms with Crippen molar-refractivity contribution in [3.05, 3.63) is 47.2 Å². The molecule has 0 spiro atoms. The molecule has 1 unspecified atom stereocenters. The maximum absolute atomic E-state index is 5.40. The van der Waals surface area contributed by atoms with Crippen LogP contribution in [-0.4, -0.2) is 13.2 Å². The Kier molecular flexibility index (Phi) is 9.35. The van der Waals surface area contributed by atoms with Crippen molar-refractivity contribution < 1.29 is 4.74 Å². The number of hydrogen-bond donors (Lipinski definition) is 0. The van der Waals surface area contributed by atoms with Crippen molar-refractivity contribution in [3.63, 3.8) is 0 Å². The molecule has 0 aliphatic carbocycles. The minimum Gasteiger partial charge on any atom is -0.380 e. The Balaban J connectivity index is 2.87. The van der Waals surface area contributed by atoms with Gasteiger partial charge < -0.3 is 4.74 Å². The highest BCUT2D eigenvalue weighted by Crippen LogP contribution is 2.21. The molecular formula is C22H26O. The summed E-state index contributed by atoms with van der Waals surface area (Å²) < 4.78 is 5.40. The zero-order chi connectivity index (χ0) is 16.9. The Morgan fingerprint density at radius 2 is 1.87 bits per heavy atom. The Hall–Kier alpha value is -2.18. The Labute approximate surface area is 141 Å². The summed E-state index contributed by atoms with van der Waals surface area (Å²) in [5.41, 5.74) is 7.24. The number of rotatable bonds is 9. The van der Waals surface area contributed by atoms with Gasteiger partial charge in [-0.1, -0.05) is 30.3 Å². The van der Waals surface area contributed by atoms with Gasteiger partial charge in [0.2, 0.25) is 0 Å². The number of benzene rings is 1. The summed E-state index contributed by atoms with van der Waals surface area (Å²) in [6.45, 7) is 2.12. The lowest BCUT2D eigenvalue weighted by atomic mass is 9.99.